The number of aromatic amines is 1. The molecule has 2 fully saturated rings. The van der Waals surface area contributed by atoms with E-state index in [1.165, 1.54) is 35.2 Å². The molecule has 2 aromatic heterocycles. The molecule has 3 heterocycles. The molecule has 1 N–H and O–H groups in total. The van der Waals surface area contributed by atoms with Crippen LogP contribution in [0.15, 0.2) is 53.5 Å². The Kier molecular flexibility index (Phi) is 6.11. The number of carbonyl (C=O) groups is 1. The van der Waals surface area contributed by atoms with Gasteiger partial charge in [0, 0.05) is 49.5 Å². The zero-order valence-electron chi connectivity index (χ0n) is 18.5. The van der Waals surface area contributed by atoms with Gasteiger partial charge in [0.1, 0.15) is 11.4 Å². The van der Waals surface area contributed by atoms with Crippen LogP contribution in [0.3, 0.4) is 0 Å². The number of carbonyl (C=O) groups excluding carboxylic acids is 1. The number of H-pyrrole nitrogens is 1. The van der Waals surface area contributed by atoms with Gasteiger partial charge in [-0.3, -0.25) is 9.69 Å². The van der Waals surface area contributed by atoms with E-state index in [9.17, 15) is 18.0 Å². The number of benzene rings is 1. The van der Waals surface area contributed by atoms with E-state index in [-0.39, 0.29) is 18.2 Å². The van der Waals surface area contributed by atoms with Crippen LogP contribution in [0.25, 0.3) is 0 Å². The Balaban J connectivity index is 1.26. The SMILES string of the molecule is CC(c1ccc[nH]1)N1CC2C(CN(Cc3cccc(OC(F)(F)F)c3)C(=O)c3cscn3)C2C1. The predicted molar refractivity (Wildman–Crippen MR) is 121 cm³/mol. The van der Waals surface area contributed by atoms with E-state index in [4.69, 9.17) is 0 Å². The van der Waals surface area contributed by atoms with Crippen LogP contribution >= 0.6 is 11.3 Å². The first-order valence-corrected chi connectivity index (χ1v) is 12.1. The number of fused-ring (bicyclic) bond motifs is 1. The van der Waals surface area contributed by atoms with Gasteiger partial charge in [-0.25, -0.2) is 4.98 Å². The van der Waals surface area contributed by atoms with Gasteiger partial charge < -0.3 is 14.6 Å². The van der Waals surface area contributed by atoms with Gasteiger partial charge in [0.05, 0.1) is 5.51 Å². The summed E-state index contributed by atoms with van der Waals surface area (Å²) < 4.78 is 42.0. The van der Waals surface area contributed by atoms with Crippen LogP contribution < -0.4 is 4.74 Å². The van der Waals surface area contributed by atoms with Crippen molar-refractivity contribution in [3.05, 3.63) is 70.4 Å². The smallest absolute Gasteiger partial charge is 0.406 e. The van der Waals surface area contributed by atoms with Crippen molar-refractivity contribution in [3.8, 4) is 5.75 Å². The summed E-state index contributed by atoms with van der Waals surface area (Å²) in [5, 5.41) is 1.70. The summed E-state index contributed by atoms with van der Waals surface area (Å²) >= 11 is 1.34. The van der Waals surface area contributed by atoms with Crippen LogP contribution in [0.1, 0.15) is 34.7 Å². The van der Waals surface area contributed by atoms with E-state index < -0.39 is 6.36 Å². The summed E-state index contributed by atoms with van der Waals surface area (Å²) in [4.78, 5) is 24.8. The van der Waals surface area contributed by atoms with E-state index in [0.29, 0.717) is 41.6 Å². The zero-order chi connectivity index (χ0) is 23.9. The minimum Gasteiger partial charge on any atom is -0.406 e. The zero-order valence-corrected chi connectivity index (χ0v) is 19.4. The highest BCUT2D eigenvalue weighted by atomic mass is 32.1. The number of amides is 1. The van der Waals surface area contributed by atoms with Crippen molar-refractivity contribution in [1.82, 2.24) is 19.8 Å². The molecule has 1 saturated heterocycles. The first-order valence-electron chi connectivity index (χ1n) is 11.2. The Morgan fingerprint density at radius 3 is 2.74 bits per heavy atom. The quantitative estimate of drug-likeness (QED) is 0.485. The van der Waals surface area contributed by atoms with Crippen LogP contribution in [0.5, 0.6) is 5.75 Å². The Bertz CT molecular complexity index is 1110. The second kappa shape index (κ2) is 9.07. The van der Waals surface area contributed by atoms with Crippen LogP contribution in [0.2, 0.25) is 0 Å². The number of hydrogen-bond acceptors (Lipinski definition) is 5. The minimum atomic E-state index is -4.76. The van der Waals surface area contributed by atoms with Crippen LogP contribution in [0, 0.1) is 17.8 Å². The summed E-state index contributed by atoms with van der Waals surface area (Å²) in [6.45, 7) is 4.90. The summed E-state index contributed by atoms with van der Waals surface area (Å²) in [6.07, 6.45) is -2.83. The fraction of sp³-hybridized carbons (Fsp3) is 0.417. The Morgan fingerprint density at radius 1 is 1.29 bits per heavy atom. The lowest BCUT2D eigenvalue weighted by molar-refractivity contribution is -0.274. The topological polar surface area (TPSA) is 61.5 Å². The van der Waals surface area contributed by atoms with Crippen molar-refractivity contribution in [1.29, 1.82) is 0 Å². The van der Waals surface area contributed by atoms with Crippen molar-refractivity contribution in [2.75, 3.05) is 19.6 Å². The van der Waals surface area contributed by atoms with Crippen molar-refractivity contribution >= 4 is 17.2 Å². The number of nitrogens with one attached hydrogen (secondary N) is 1. The molecular formula is C24H25F3N4O2S. The number of nitrogens with zero attached hydrogens (tertiary/aromatic N) is 3. The van der Waals surface area contributed by atoms with E-state index in [2.05, 4.69) is 32.6 Å². The molecule has 1 aliphatic carbocycles. The van der Waals surface area contributed by atoms with Gasteiger partial charge in [0.25, 0.3) is 5.91 Å². The third-order valence-electron chi connectivity index (χ3n) is 6.89. The maximum absolute atomic E-state index is 13.2. The van der Waals surface area contributed by atoms with E-state index >= 15 is 0 Å². The molecular weight excluding hydrogens is 465 g/mol. The van der Waals surface area contributed by atoms with Crippen LogP contribution in [-0.2, 0) is 6.54 Å². The molecule has 2 aliphatic rings. The maximum Gasteiger partial charge on any atom is 0.573 e. The molecule has 3 unspecified atom stereocenters. The summed E-state index contributed by atoms with van der Waals surface area (Å²) in [7, 11) is 0. The van der Waals surface area contributed by atoms with Crippen molar-refractivity contribution in [2.45, 2.75) is 25.9 Å². The fourth-order valence-electron chi connectivity index (χ4n) is 5.09. The standard InChI is InChI=1S/C24H25F3N4O2S/c1-15(21-6-3-7-28-21)30-10-18-19(11-30)20(18)12-31(23(32)22-13-34-14-29-22)9-16-4-2-5-17(8-16)33-24(25,26)27/h2-8,13-15,18-20,28H,9-12H2,1H3. The summed E-state index contributed by atoms with van der Waals surface area (Å²) in [5.74, 6) is 0.920. The summed E-state index contributed by atoms with van der Waals surface area (Å²) in [6, 6.07) is 10.2. The second-order valence-corrected chi connectivity index (χ2v) is 9.72. The second-order valence-electron chi connectivity index (χ2n) is 9.00. The number of piperidine rings is 1. The van der Waals surface area contributed by atoms with Gasteiger partial charge in [0.15, 0.2) is 0 Å². The number of ether oxygens (including phenoxy) is 1. The van der Waals surface area contributed by atoms with Crippen molar-refractivity contribution < 1.29 is 22.7 Å². The maximum atomic E-state index is 13.2. The number of likely N-dealkylation sites (tertiary alicyclic amines) is 1. The third kappa shape index (κ3) is 4.97. The lowest BCUT2D eigenvalue weighted by Crippen LogP contribution is -2.35. The minimum absolute atomic E-state index is 0.198. The molecule has 10 heteroatoms. The molecule has 1 aromatic carbocycles. The number of hydrogen-bond donors (Lipinski definition) is 1. The number of aromatic nitrogens is 2. The molecule has 0 spiro atoms. The van der Waals surface area contributed by atoms with Gasteiger partial charge >= 0.3 is 6.36 Å². The molecule has 6 nitrogen and oxygen atoms in total. The van der Waals surface area contributed by atoms with Gasteiger partial charge in [-0.05, 0) is 54.5 Å². The van der Waals surface area contributed by atoms with Crippen molar-refractivity contribution in [2.24, 2.45) is 17.8 Å². The van der Waals surface area contributed by atoms with Crippen LogP contribution in [0.4, 0.5) is 13.2 Å². The van der Waals surface area contributed by atoms with E-state index in [1.54, 1.807) is 21.9 Å². The van der Waals surface area contributed by atoms with Gasteiger partial charge in [0.2, 0.25) is 0 Å². The Morgan fingerprint density at radius 2 is 2.09 bits per heavy atom. The highest BCUT2D eigenvalue weighted by Crippen LogP contribution is 2.53. The predicted octanol–water partition coefficient (Wildman–Crippen LogP) is 4.95. The molecule has 0 radical (unpaired) electrons. The lowest BCUT2D eigenvalue weighted by atomic mass is 10.1. The average Bonchev–Trinajstić information content (AvgIpc) is 3.37. The highest BCUT2D eigenvalue weighted by molar-refractivity contribution is 7.07. The molecule has 1 saturated carbocycles. The normalized spacial score (nSPS) is 22.9. The Labute approximate surface area is 199 Å². The molecule has 5 rings (SSSR count). The number of rotatable bonds is 8. The van der Waals surface area contributed by atoms with Crippen LogP contribution in [-0.4, -0.2) is 51.7 Å². The van der Waals surface area contributed by atoms with Gasteiger partial charge in [-0.15, -0.1) is 24.5 Å². The van der Waals surface area contributed by atoms with E-state index in [1.807, 2.05) is 12.3 Å². The van der Waals surface area contributed by atoms with Gasteiger partial charge in [-0.1, -0.05) is 12.1 Å². The van der Waals surface area contributed by atoms with Gasteiger partial charge in [-0.2, -0.15) is 0 Å². The highest BCUT2D eigenvalue weighted by Gasteiger charge is 2.56. The number of alkyl halides is 3. The molecule has 3 atom stereocenters. The first kappa shape index (κ1) is 22.9. The molecule has 34 heavy (non-hydrogen) atoms. The Hall–Kier alpha value is -2.85. The van der Waals surface area contributed by atoms with E-state index in [0.717, 1.165) is 13.1 Å². The monoisotopic (exact) mass is 490 g/mol. The van der Waals surface area contributed by atoms with Crippen molar-refractivity contribution in [3.63, 3.8) is 0 Å². The molecule has 1 aliphatic heterocycles. The summed E-state index contributed by atoms with van der Waals surface area (Å²) in [5.41, 5.74) is 3.74. The number of halogens is 3. The molecule has 3 aromatic rings. The molecule has 1 amide bonds. The fourth-order valence-corrected chi connectivity index (χ4v) is 5.61. The first-order chi connectivity index (χ1) is 16.3. The third-order valence-corrected chi connectivity index (χ3v) is 7.48. The molecule has 180 valence electrons. The number of thiazole rings is 1. The molecule has 0 bridgehead atoms. The average molecular weight is 491 g/mol. The lowest BCUT2D eigenvalue weighted by Gasteiger charge is -2.28. The largest absolute Gasteiger partial charge is 0.573 e.